The van der Waals surface area contributed by atoms with Crippen LogP contribution in [0.2, 0.25) is 0 Å². The van der Waals surface area contributed by atoms with E-state index in [1.54, 1.807) is 0 Å². The third kappa shape index (κ3) is 9.26. The lowest BCUT2D eigenvalue weighted by Gasteiger charge is -2.15. The van der Waals surface area contributed by atoms with Gasteiger partial charge < -0.3 is 20.7 Å². The quantitative estimate of drug-likeness (QED) is 0.149. The minimum Gasteiger partial charge on any atom is -0.380 e. The summed E-state index contributed by atoms with van der Waals surface area (Å²) in [4.78, 5) is 28.5. The SMILES string of the molecule is CCNC(=NCCOCCC(C)C)NCCN1C(=O)CNC1=O.I. The fraction of sp³-hybridized carbons (Fsp3) is 0.800. The third-order valence-corrected chi connectivity index (χ3v) is 3.25. The predicted molar refractivity (Wildman–Crippen MR) is 105 cm³/mol. The summed E-state index contributed by atoms with van der Waals surface area (Å²) in [6.45, 7) is 9.81. The molecule has 1 aliphatic heterocycles. The summed E-state index contributed by atoms with van der Waals surface area (Å²) in [5.41, 5.74) is 0. The number of guanidine groups is 1. The Morgan fingerprint density at radius 3 is 2.67 bits per heavy atom. The van der Waals surface area contributed by atoms with Gasteiger partial charge in [-0.1, -0.05) is 13.8 Å². The van der Waals surface area contributed by atoms with Crippen LogP contribution in [0.25, 0.3) is 0 Å². The number of carbonyl (C=O) groups excluding carboxylic acids is 2. The zero-order chi connectivity index (χ0) is 17.1. The summed E-state index contributed by atoms with van der Waals surface area (Å²) < 4.78 is 5.52. The summed E-state index contributed by atoms with van der Waals surface area (Å²) in [6, 6.07) is -0.336. The van der Waals surface area contributed by atoms with Gasteiger partial charge in [0.05, 0.1) is 19.7 Å². The molecule has 24 heavy (non-hydrogen) atoms. The van der Waals surface area contributed by atoms with Crippen molar-refractivity contribution in [3.05, 3.63) is 0 Å². The zero-order valence-electron chi connectivity index (χ0n) is 14.8. The maximum absolute atomic E-state index is 11.5. The maximum Gasteiger partial charge on any atom is 0.324 e. The number of nitrogens with one attached hydrogen (secondary N) is 3. The number of rotatable bonds is 10. The summed E-state index contributed by atoms with van der Waals surface area (Å²) >= 11 is 0. The van der Waals surface area contributed by atoms with E-state index in [1.165, 1.54) is 4.90 Å². The van der Waals surface area contributed by atoms with Gasteiger partial charge >= 0.3 is 6.03 Å². The van der Waals surface area contributed by atoms with Crippen LogP contribution in [0.15, 0.2) is 4.99 Å². The Hall–Kier alpha value is -1.10. The van der Waals surface area contributed by atoms with Gasteiger partial charge in [-0.15, -0.1) is 24.0 Å². The van der Waals surface area contributed by atoms with Crippen LogP contribution in [0.1, 0.15) is 27.2 Å². The van der Waals surface area contributed by atoms with Crippen molar-refractivity contribution in [1.29, 1.82) is 0 Å². The molecule has 8 nitrogen and oxygen atoms in total. The highest BCUT2D eigenvalue weighted by molar-refractivity contribution is 14.0. The highest BCUT2D eigenvalue weighted by atomic mass is 127. The molecular weight excluding hydrogens is 425 g/mol. The Balaban J connectivity index is 0.00000529. The topological polar surface area (TPSA) is 95.1 Å². The van der Waals surface area contributed by atoms with Gasteiger partial charge in [0.25, 0.3) is 0 Å². The van der Waals surface area contributed by atoms with Crippen LogP contribution in [0, 0.1) is 5.92 Å². The number of nitrogens with zero attached hydrogens (tertiary/aromatic N) is 2. The Bertz CT molecular complexity index is 402. The van der Waals surface area contributed by atoms with Gasteiger partial charge in [-0.3, -0.25) is 14.7 Å². The first-order valence-corrected chi connectivity index (χ1v) is 8.22. The zero-order valence-corrected chi connectivity index (χ0v) is 17.1. The third-order valence-electron chi connectivity index (χ3n) is 3.25. The van der Waals surface area contributed by atoms with Crippen LogP contribution in [0.3, 0.4) is 0 Å². The van der Waals surface area contributed by atoms with Crippen LogP contribution in [-0.4, -0.2) is 68.7 Å². The lowest BCUT2D eigenvalue weighted by atomic mass is 10.1. The van der Waals surface area contributed by atoms with Gasteiger partial charge in [-0.05, 0) is 19.3 Å². The largest absolute Gasteiger partial charge is 0.380 e. The van der Waals surface area contributed by atoms with Crippen molar-refractivity contribution in [2.45, 2.75) is 27.2 Å². The minimum absolute atomic E-state index is 0. The maximum atomic E-state index is 11.5. The molecule has 140 valence electrons. The molecular formula is C15H30IN5O3. The highest BCUT2D eigenvalue weighted by Crippen LogP contribution is 1.98. The van der Waals surface area contributed by atoms with Crippen LogP contribution in [0.4, 0.5) is 4.79 Å². The molecule has 0 spiro atoms. The predicted octanol–water partition coefficient (Wildman–Crippen LogP) is 0.774. The van der Waals surface area contributed by atoms with Crippen molar-refractivity contribution < 1.29 is 14.3 Å². The van der Waals surface area contributed by atoms with Crippen LogP contribution >= 0.6 is 24.0 Å². The first-order valence-electron chi connectivity index (χ1n) is 8.22. The highest BCUT2D eigenvalue weighted by Gasteiger charge is 2.27. The van der Waals surface area contributed by atoms with E-state index in [4.69, 9.17) is 4.74 Å². The van der Waals surface area contributed by atoms with Gasteiger partial charge in [-0.2, -0.15) is 0 Å². The molecule has 0 aliphatic carbocycles. The summed E-state index contributed by atoms with van der Waals surface area (Å²) in [5.74, 6) is 1.10. The summed E-state index contributed by atoms with van der Waals surface area (Å²) in [5, 5.41) is 8.72. The van der Waals surface area contributed by atoms with Crippen molar-refractivity contribution in [3.63, 3.8) is 0 Å². The minimum atomic E-state index is -0.336. The second kappa shape index (κ2) is 13.2. The van der Waals surface area contributed by atoms with E-state index in [9.17, 15) is 9.59 Å². The van der Waals surface area contributed by atoms with E-state index < -0.39 is 0 Å². The molecule has 0 unspecified atom stereocenters. The molecule has 9 heteroatoms. The Labute approximate surface area is 161 Å². The number of ether oxygens (including phenoxy) is 1. The molecule has 0 aromatic rings. The number of imide groups is 1. The van der Waals surface area contributed by atoms with Gasteiger partial charge in [0.1, 0.15) is 0 Å². The van der Waals surface area contributed by atoms with Crippen LogP contribution in [-0.2, 0) is 9.53 Å². The molecule has 0 radical (unpaired) electrons. The number of amides is 3. The number of hydrogen-bond donors (Lipinski definition) is 3. The van der Waals surface area contributed by atoms with Crippen LogP contribution in [0.5, 0.6) is 0 Å². The molecule has 1 saturated heterocycles. The number of halogens is 1. The van der Waals surface area contributed by atoms with E-state index >= 15 is 0 Å². The smallest absolute Gasteiger partial charge is 0.324 e. The number of urea groups is 1. The van der Waals surface area contributed by atoms with Crippen LogP contribution < -0.4 is 16.0 Å². The first kappa shape index (κ1) is 22.9. The fourth-order valence-corrected chi connectivity index (χ4v) is 1.95. The number of aliphatic imine (C=N–C) groups is 1. The molecule has 0 atom stereocenters. The Morgan fingerprint density at radius 2 is 2.08 bits per heavy atom. The van der Waals surface area contributed by atoms with E-state index in [2.05, 4.69) is 34.8 Å². The summed E-state index contributed by atoms with van der Waals surface area (Å²) in [6.07, 6.45) is 1.05. The van der Waals surface area contributed by atoms with Gasteiger partial charge in [0.15, 0.2) is 5.96 Å². The standard InChI is InChI=1S/C15H29N5O3.HI/c1-4-16-14(18-7-10-23-9-5-12(2)3)17-6-8-20-13(21)11-19-15(20)22;/h12H,4-11H2,1-3H3,(H,19,22)(H2,16,17,18);1H. The molecule has 1 rings (SSSR count). The van der Waals surface area contributed by atoms with E-state index in [0.717, 1.165) is 19.6 Å². The lowest BCUT2D eigenvalue weighted by molar-refractivity contribution is -0.124. The molecule has 0 aromatic carbocycles. The average molecular weight is 455 g/mol. The van der Waals surface area contributed by atoms with Gasteiger partial charge in [0, 0.05) is 26.2 Å². The van der Waals surface area contributed by atoms with Gasteiger partial charge in [-0.25, -0.2) is 4.79 Å². The second-order valence-corrected chi connectivity index (χ2v) is 5.69. The summed E-state index contributed by atoms with van der Waals surface area (Å²) in [7, 11) is 0. The van der Waals surface area contributed by atoms with Crippen molar-refractivity contribution >= 4 is 41.9 Å². The molecule has 0 aromatic heterocycles. The molecule has 3 N–H and O–H groups in total. The van der Waals surface area contributed by atoms with E-state index in [0.29, 0.717) is 38.1 Å². The normalized spacial score (nSPS) is 14.7. The number of hydrogen-bond acceptors (Lipinski definition) is 4. The van der Waals surface area contributed by atoms with Crippen molar-refractivity contribution in [3.8, 4) is 0 Å². The van der Waals surface area contributed by atoms with E-state index in [-0.39, 0.29) is 42.5 Å². The lowest BCUT2D eigenvalue weighted by Crippen LogP contribution is -2.43. The van der Waals surface area contributed by atoms with Crippen molar-refractivity contribution in [2.24, 2.45) is 10.9 Å². The molecule has 1 heterocycles. The molecule has 3 amide bonds. The Morgan fingerprint density at radius 1 is 1.33 bits per heavy atom. The Kier molecular flexibility index (Phi) is 12.6. The average Bonchev–Trinajstić information content (AvgIpc) is 2.82. The second-order valence-electron chi connectivity index (χ2n) is 5.69. The number of carbonyl (C=O) groups is 2. The first-order chi connectivity index (χ1) is 11.0. The van der Waals surface area contributed by atoms with Gasteiger partial charge in [0.2, 0.25) is 5.91 Å². The monoisotopic (exact) mass is 455 g/mol. The van der Waals surface area contributed by atoms with Crippen molar-refractivity contribution in [1.82, 2.24) is 20.9 Å². The molecule has 0 bridgehead atoms. The molecule has 1 aliphatic rings. The molecule has 0 saturated carbocycles. The van der Waals surface area contributed by atoms with Crippen molar-refractivity contribution in [2.75, 3.05) is 45.9 Å². The fourth-order valence-electron chi connectivity index (χ4n) is 1.95. The van der Waals surface area contributed by atoms with E-state index in [1.807, 2.05) is 6.92 Å². The molecule has 1 fully saturated rings.